The monoisotopic (exact) mass is 354 g/mol. The van der Waals surface area contributed by atoms with Crippen LogP contribution in [-0.4, -0.2) is 26.0 Å². The second-order valence-electron chi connectivity index (χ2n) is 7.27. The second-order valence-corrected chi connectivity index (χ2v) is 7.27. The van der Waals surface area contributed by atoms with Crippen molar-refractivity contribution in [1.82, 2.24) is 18.9 Å². The van der Waals surface area contributed by atoms with Gasteiger partial charge in [0, 0.05) is 19.0 Å². The van der Waals surface area contributed by atoms with E-state index in [1.807, 2.05) is 34.9 Å². The van der Waals surface area contributed by atoms with E-state index in [1.165, 1.54) is 32.1 Å². The van der Waals surface area contributed by atoms with Gasteiger partial charge in [-0.15, -0.1) is 0 Å². The van der Waals surface area contributed by atoms with E-state index in [-0.39, 0.29) is 5.56 Å². The fraction of sp³-hybridized carbons (Fsp3) is 0.550. The zero-order valence-electron chi connectivity index (χ0n) is 15.8. The number of rotatable bonds is 4. The highest BCUT2D eigenvalue weighted by molar-refractivity contribution is 5.77. The van der Waals surface area contributed by atoms with Gasteiger partial charge in [0.2, 0.25) is 5.88 Å². The van der Waals surface area contributed by atoms with Gasteiger partial charge in [-0.3, -0.25) is 9.20 Å². The summed E-state index contributed by atoms with van der Waals surface area (Å²) in [6.45, 7) is 4.71. The molecule has 0 bridgehead atoms. The lowest BCUT2D eigenvalue weighted by Crippen LogP contribution is -2.28. The number of aryl methyl sites for hydroxylation is 2. The van der Waals surface area contributed by atoms with Gasteiger partial charge in [0.25, 0.3) is 5.56 Å². The quantitative estimate of drug-likeness (QED) is 0.719. The maximum Gasteiger partial charge on any atom is 0.277 e. The molecular weight excluding hydrogens is 328 g/mol. The van der Waals surface area contributed by atoms with Crippen LogP contribution in [0.1, 0.15) is 50.5 Å². The van der Waals surface area contributed by atoms with E-state index in [4.69, 9.17) is 4.74 Å². The fourth-order valence-corrected chi connectivity index (χ4v) is 4.26. The third-order valence-corrected chi connectivity index (χ3v) is 5.59. The zero-order chi connectivity index (χ0) is 18.3. The van der Waals surface area contributed by atoms with E-state index >= 15 is 0 Å². The molecule has 1 aliphatic carbocycles. The van der Waals surface area contributed by atoms with E-state index in [0.717, 1.165) is 35.6 Å². The van der Waals surface area contributed by atoms with Gasteiger partial charge in [-0.2, -0.15) is 4.98 Å². The highest BCUT2D eigenvalue weighted by atomic mass is 16.5. The van der Waals surface area contributed by atoms with Crippen LogP contribution >= 0.6 is 0 Å². The highest BCUT2D eigenvalue weighted by Crippen LogP contribution is 2.27. The lowest BCUT2D eigenvalue weighted by atomic mass is 9.89. The van der Waals surface area contributed by atoms with E-state index in [0.29, 0.717) is 17.3 Å². The molecule has 138 valence electrons. The largest absolute Gasteiger partial charge is 0.481 e. The summed E-state index contributed by atoms with van der Waals surface area (Å²) < 4.78 is 9.18. The number of hydrogen-bond acceptors (Lipinski definition) is 4. The molecule has 3 heterocycles. The van der Waals surface area contributed by atoms with E-state index < -0.39 is 0 Å². The maximum absolute atomic E-state index is 13.4. The minimum absolute atomic E-state index is 0.0414. The van der Waals surface area contributed by atoms with Crippen LogP contribution in [0.25, 0.3) is 16.7 Å². The molecule has 0 radical (unpaired) electrons. The van der Waals surface area contributed by atoms with Crippen LogP contribution in [0.15, 0.2) is 16.9 Å². The second kappa shape index (κ2) is 6.74. The van der Waals surface area contributed by atoms with Crippen molar-refractivity contribution in [3.05, 3.63) is 34.0 Å². The summed E-state index contributed by atoms with van der Waals surface area (Å²) in [5.41, 5.74) is 3.08. The molecule has 1 saturated carbocycles. The summed E-state index contributed by atoms with van der Waals surface area (Å²) in [6, 6.07) is 3.79. The number of pyridine rings is 1. The van der Waals surface area contributed by atoms with Gasteiger partial charge < -0.3 is 9.30 Å². The molecule has 1 fully saturated rings. The number of fused-ring (bicyclic) bond motifs is 3. The summed E-state index contributed by atoms with van der Waals surface area (Å²) >= 11 is 0. The topological polar surface area (TPSA) is 61.4 Å². The molecule has 0 N–H and O–H groups in total. The Bertz CT molecular complexity index is 1010. The van der Waals surface area contributed by atoms with Crippen LogP contribution in [0, 0.1) is 12.8 Å². The Labute approximate surface area is 152 Å². The van der Waals surface area contributed by atoms with Gasteiger partial charge in [0.15, 0.2) is 5.65 Å². The molecule has 4 rings (SSSR count). The van der Waals surface area contributed by atoms with Gasteiger partial charge in [0.05, 0.1) is 18.3 Å². The lowest BCUT2D eigenvalue weighted by molar-refractivity contribution is 0.320. The summed E-state index contributed by atoms with van der Waals surface area (Å²) in [7, 11) is 1.61. The van der Waals surface area contributed by atoms with E-state index in [1.54, 1.807) is 7.11 Å². The number of aromatic nitrogens is 4. The van der Waals surface area contributed by atoms with Crippen LogP contribution in [0.3, 0.4) is 0 Å². The molecular formula is C20H26N4O2. The summed E-state index contributed by atoms with van der Waals surface area (Å²) in [5, 5.41) is 0. The normalized spacial score (nSPS) is 15.8. The first-order valence-electron chi connectivity index (χ1n) is 9.59. The van der Waals surface area contributed by atoms with Crippen LogP contribution < -0.4 is 10.3 Å². The van der Waals surface area contributed by atoms with Crippen molar-refractivity contribution in [3.63, 3.8) is 0 Å². The van der Waals surface area contributed by atoms with Crippen molar-refractivity contribution in [2.75, 3.05) is 7.11 Å². The Kier molecular flexibility index (Phi) is 4.42. The number of nitrogens with zero attached hydrogens (tertiary/aromatic N) is 4. The van der Waals surface area contributed by atoms with E-state index in [2.05, 4.69) is 9.97 Å². The molecule has 0 spiro atoms. The summed E-state index contributed by atoms with van der Waals surface area (Å²) in [4.78, 5) is 22.7. The van der Waals surface area contributed by atoms with Gasteiger partial charge in [-0.1, -0.05) is 26.2 Å². The third-order valence-electron chi connectivity index (χ3n) is 5.59. The van der Waals surface area contributed by atoms with Crippen molar-refractivity contribution in [3.8, 4) is 5.88 Å². The Balaban J connectivity index is 2.01. The Hall–Kier alpha value is -2.37. The van der Waals surface area contributed by atoms with Gasteiger partial charge in [-0.05, 0) is 31.7 Å². The molecule has 0 aliphatic heterocycles. The highest BCUT2D eigenvalue weighted by Gasteiger charge is 2.21. The van der Waals surface area contributed by atoms with Gasteiger partial charge >= 0.3 is 0 Å². The van der Waals surface area contributed by atoms with Crippen LogP contribution in [0.4, 0.5) is 0 Å². The van der Waals surface area contributed by atoms with Crippen LogP contribution in [0.2, 0.25) is 0 Å². The van der Waals surface area contributed by atoms with Crippen molar-refractivity contribution >= 4 is 16.7 Å². The fourth-order valence-electron chi connectivity index (χ4n) is 4.26. The number of ether oxygens (including phenoxy) is 1. The van der Waals surface area contributed by atoms with Crippen LogP contribution in [-0.2, 0) is 13.0 Å². The molecule has 0 atom stereocenters. The molecule has 0 unspecified atom stereocenters. The Morgan fingerprint density at radius 2 is 1.96 bits per heavy atom. The summed E-state index contributed by atoms with van der Waals surface area (Å²) in [5.74, 6) is 1.98. The SMILES string of the molecule is CCc1nc(C)c2c(=O)n(CC3CCCCC3)c3ccc(OC)nc3n12. The van der Waals surface area contributed by atoms with E-state index in [9.17, 15) is 4.79 Å². The molecule has 1 aliphatic rings. The standard InChI is InChI=1S/C20H26N4O2/c1-4-16-21-13(2)18-20(25)23(12-14-8-6-5-7-9-14)15-10-11-17(26-3)22-19(15)24(16)18/h10-11,14H,4-9,12H2,1-3H3. The Morgan fingerprint density at radius 3 is 2.65 bits per heavy atom. The first-order chi connectivity index (χ1) is 12.6. The minimum atomic E-state index is 0.0414. The third kappa shape index (κ3) is 2.68. The average molecular weight is 354 g/mol. The molecule has 3 aromatic heterocycles. The average Bonchev–Trinajstić information content (AvgIpc) is 3.02. The molecule has 3 aromatic rings. The Morgan fingerprint density at radius 1 is 1.19 bits per heavy atom. The number of imidazole rings is 1. The van der Waals surface area contributed by atoms with Crippen LogP contribution in [0.5, 0.6) is 5.88 Å². The van der Waals surface area contributed by atoms with Crippen molar-refractivity contribution in [1.29, 1.82) is 0 Å². The number of methoxy groups -OCH3 is 1. The molecule has 0 aromatic carbocycles. The first kappa shape index (κ1) is 17.1. The molecule has 0 saturated heterocycles. The maximum atomic E-state index is 13.4. The van der Waals surface area contributed by atoms with Gasteiger partial charge in [0.1, 0.15) is 11.3 Å². The predicted molar refractivity (Wildman–Crippen MR) is 102 cm³/mol. The van der Waals surface area contributed by atoms with Gasteiger partial charge in [-0.25, -0.2) is 4.98 Å². The first-order valence-corrected chi connectivity index (χ1v) is 9.59. The zero-order valence-corrected chi connectivity index (χ0v) is 15.8. The molecule has 26 heavy (non-hydrogen) atoms. The van der Waals surface area contributed by atoms with Crippen molar-refractivity contribution in [2.24, 2.45) is 5.92 Å². The lowest BCUT2D eigenvalue weighted by Gasteiger charge is -2.23. The molecule has 6 nitrogen and oxygen atoms in total. The van der Waals surface area contributed by atoms with Crippen molar-refractivity contribution in [2.45, 2.75) is 58.9 Å². The number of hydrogen-bond donors (Lipinski definition) is 0. The van der Waals surface area contributed by atoms with Crippen molar-refractivity contribution < 1.29 is 4.74 Å². The summed E-state index contributed by atoms with van der Waals surface area (Å²) in [6.07, 6.45) is 6.97. The minimum Gasteiger partial charge on any atom is -0.481 e. The molecule has 6 heteroatoms. The predicted octanol–water partition coefficient (Wildman–Crippen LogP) is 3.50. The smallest absolute Gasteiger partial charge is 0.277 e. The molecule has 0 amide bonds.